The fourth-order valence-electron chi connectivity index (χ4n) is 1.03. The van der Waals surface area contributed by atoms with Crippen molar-refractivity contribution in [3.63, 3.8) is 0 Å². The van der Waals surface area contributed by atoms with Crippen molar-refractivity contribution in [1.29, 1.82) is 0 Å². The van der Waals surface area contributed by atoms with Crippen LogP contribution in [0.5, 0.6) is 0 Å². The Bertz CT molecular complexity index is 236. The Hall–Kier alpha value is -1.31. The normalized spacial score (nSPS) is 19.8. The maximum Gasteiger partial charge on any atom is 0.0620 e. The number of hydrogen-bond acceptors (Lipinski definition) is 2. The highest BCUT2D eigenvalue weighted by Gasteiger charge is 2.03. The van der Waals surface area contributed by atoms with Crippen molar-refractivity contribution in [2.45, 2.75) is 6.42 Å². The van der Waals surface area contributed by atoms with E-state index in [2.05, 4.69) is 23.8 Å². The highest BCUT2D eigenvalue weighted by Crippen LogP contribution is 2.04. The summed E-state index contributed by atoms with van der Waals surface area (Å²) in [4.78, 5) is 0. The first-order chi connectivity index (χ1) is 5.83. The highest BCUT2D eigenvalue weighted by molar-refractivity contribution is 5.80. The van der Waals surface area contributed by atoms with E-state index in [4.69, 9.17) is 0 Å². The number of nitrogens with zero attached hydrogens (tertiary/aromatic N) is 2. The largest absolute Gasteiger partial charge is 0.296 e. The molecule has 2 heteroatoms. The Balaban J connectivity index is 2.34. The van der Waals surface area contributed by atoms with Gasteiger partial charge >= 0.3 is 0 Å². The molecule has 0 atom stereocenters. The van der Waals surface area contributed by atoms with Crippen molar-refractivity contribution >= 4 is 6.21 Å². The van der Waals surface area contributed by atoms with Gasteiger partial charge in [-0.15, -0.1) is 0 Å². The molecule has 1 rings (SSSR count). The van der Waals surface area contributed by atoms with Crippen molar-refractivity contribution in [3.8, 4) is 0 Å². The van der Waals surface area contributed by atoms with Crippen molar-refractivity contribution in [2.24, 2.45) is 5.10 Å². The molecule has 1 heterocycles. The maximum absolute atomic E-state index is 4.11. The fourth-order valence-corrected chi connectivity index (χ4v) is 1.03. The third-order valence-electron chi connectivity index (χ3n) is 1.62. The standard InChI is InChI=1S/C10H14N2/c1-3-4-5-6-7-10-8-11-12(2)9-10/h3-5,7-8H,1,6,9H2,2H3/b5-4-,10-7-. The van der Waals surface area contributed by atoms with E-state index in [1.54, 1.807) is 6.08 Å². The van der Waals surface area contributed by atoms with E-state index in [9.17, 15) is 0 Å². The summed E-state index contributed by atoms with van der Waals surface area (Å²) in [6, 6.07) is 0. The summed E-state index contributed by atoms with van der Waals surface area (Å²) in [7, 11) is 1.97. The SMILES string of the molecule is C=C/C=C\C/C=C1/C=NN(C)C1. The van der Waals surface area contributed by atoms with Crippen LogP contribution in [0.25, 0.3) is 0 Å². The minimum Gasteiger partial charge on any atom is -0.296 e. The zero-order valence-electron chi connectivity index (χ0n) is 7.40. The van der Waals surface area contributed by atoms with Gasteiger partial charge in [-0.3, -0.25) is 5.01 Å². The lowest BCUT2D eigenvalue weighted by molar-refractivity contribution is 0.410. The molecule has 0 fully saturated rings. The van der Waals surface area contributed by atoms with Gasteiger partial charge in [-0.25, -0.2) is 0 Å². The van der Waals surface area contributed by atoms with E-state index in [0.29, 0.717) is 0 Å². The van der Waals surface area contributed by atoms with Gasteiger partial charge in [0, 0.05) is 7.05 Å². The number of rotatable bonds is 3. The average molecular weight is 162 g/mol. The highest BCUT2D eigenvalue weighted by atomic mass is 15.4. The predicted molar refractivity (Wildman–Crippen MR) is 53.2 cm³/mol. The van der Waals surface area contributed by atoms with Gasteiger partial charge in [-0.05, 0) is 12.0 Å². The third kappa shape index (κ3) is 2.74. The minimum atomic E-state index is 0.932. The van der Waals surface area contributed by atoms with Gasteiger partial charge in [0.1, 0.15) is 0 Å². The molecule has 0 aromatic rings. The Kier molecular flexibility index (Phi) is 3.33. The van der Waals surface area contributed by atoms with Crippen LogP contribution < -0.4 is 0 Å². The van der Waals surface area contributed by atoms with E-state index in [1.807, 2.05) is 24.3 Å². The smallest absolute Gasteiger partial charge is 0.0620 e. The molecule has 12 heavy (non-hydrogen) atoms. The van der Waals surface area contributed by atoms with E-state index < -0.39 is 0 Å². The van der Waals surface area contributed by atoms with Crippen molar-refractivity contribution < 1.29 is 0 Å². The molecule has 0 saturated carbocycles. The van der Waals surface area contributed by atoms with E-state index in [-0.39, 0.29) is 0 Å². The number of hydrazone groups is 1. The van der Waals surface area contributed by atoms with Crippen LogP contribution in [0.1, 0.15) is 6.42 Å². The molecule has 0 aliphatic carbocycles. The molecule has 0 radical (unpaired) electrons. The van der Waals surface area contributed by atoms with Crippen LogP contribution in [-0.2, 0) is 0 Å². The van der Waals surface area contributed by atoms with Gasteiger partial charge in [0.2, 0.25) is 0 Å². The second-order valence-electron chi connectivity index (χ2n) is 2.74. The number of hydrogen-bond donors (Lipinski definition) is 0. The zero-order chi connectivity index (χ0) is 8.81. The second-order valence-corrected chi connectivity index (χ2v) is 2.74. The Morgan fingerprint density at radius 1 is 1.75 bits per heavy atom. The predicted octanol–water partition coefficient (Wildman–Crippen LogP) is 1.98. The van der Waals surface area contributed by atoms with E-state index in [1.165, 1.54) is 5.57 Å². The molecule has 0 bridgehead atoms. The quantitative estimate of drug-likeness (QED) is 0.579. The van der Waals surface area contributed by atoms with E-state index >= 15 is 0 Å². The molecule has 2 nitrogen and oxygen atoms in total. The molecular weight excluding hydrogens is 148 g/mol. The summed E-state index contributed by atoms with van der Waals surface area (Å²) in [5.74, 6) is 0. The molecule has 1 aliphatic rings. The Morgan fingerprint density at radius 2 is 2.58 bits per heavy atom. The summed E-state index contributed by atoms with van der Waals surface area (Å²) in [6.07, 6.45) is 10.8. The molecule has 0 unspecified atom stereocenters. The van der Waals surface area contributed by atoms with Gasteiger partial charge in [0.15, 0.2) is 0 Å². The first-order valence-electron chi connectivity index (χ1n) is 4.04. The first-order valence-corrected chi connectivity index (χ1v) is 4.04. The average Bonchev–Trinajstić information content (AvgIpc) is 2.45. The minimum absolute atomic E-state index is 0.932. The van der Waals surface area contributed by atoms with E-state index in [0.717, 1.165) is 13.0 Å². The molecule has 0 spiro atoms. The molecule has 1 aliphatic heterocycles. The van der Waals surface area contributed by atoms with Gasteiger partial charge < -0.3 is 0 Å². The summed E-state index contributed by atoms with van der Waals surface area (Å²) in [5, 5.41) is 6.03. The van der Waals surface area contributed by atoms with Gasteiger partial charge in [0.25, 0.3) is 0 Å². The van der Waals surface area contributed by atoms with Crippen LogP contribution in [-0.4, -0.2) is 24.8 Å². The van der Waals surface area contributed by atoms with Crippen molar-refractivity contribution in [3.05, 3.63) is 36.5 Å². The van der Waals surface area contributed by atoms with Crippen LogP contribution >= 0.6 is 0 Å². The summed E-state index contributed by atoms with van der Waals surface area (Å²) < 4.78 is 0. The summed E-state index contributed by atoms with van der Waals surface area (Å²) in [5.41, 5.74) is 1.28. The number of likely N-dealkylation sites (N-methyl/N-ethyl adjacent to an activating group) is 1. The Morgan fingerprint density at radius 3 is 3.17 bits per heavy atom. The Labute approximate surface area is 73.6 Å². The number of allylic oxidation sites excluding steroid dienone is 4. The third-order valence-corrected chi connectivity index (χ3v) is 1.62. The lowest BCUT2D eigenvalue weighted by atomic mass is 10.2. The molecule has 0 amide bonds. The molecule has 0 aromatic heterocycles. The van der Waals surface area contributed by atoms with Crippen LogP contribution in [0, 0.1) is 0 Å². The summed E-state index contributed by atoms with van der Waals surface area (Å²) >= 11 is 0. The van der Waals surface area contributed by atoms with Gasteiger partial charge in [-0.2, -0.15) is 5.10 Å². The van der Waals surface area contributed by atoms with Gasteiger partial charge in [-0.1, -0.05) is 30.9 Å². The zero-order valence-corrected chi connectivity index (χ0v) is 7.40. The monoisotopic (exact) mass is 162 g/mol. The second kappa shape index (κ2) is 4.54. The summed E-state index contributed by atoms with van der Waals surface area (Å²) in [6.45, 7) is 4.53. The molecule has 0 N–H and O–H groups in total. The lowest BCUT2D eigenvalue weighted by Gasteiger charge is -2.02. The molecule has 0 aromatic carbocycles. The molecular formula is C10H14N2. The lowest BCUT2D eigenvalue weighted by Crippen LogP contribution is -2.06. The van der Waals surface area contributed by atoms with Crippen LogP contribution in [0.2, 0.25) is 0 Å². The topological polar surface area (TPSA) is 15.6 Å². The van der Waals surface area contributed by atoms with Crippen molar-refractivity contribution in [2.75, 3.05) is 13.6 Å². The fraction of sp³-hybridized carbons (Fsp3) is 0.300. The maximum atomic E-state index is 4.11. The van der Waals surface area contributed by atoms with Crippen LogP contribution in [0.3, 0.4) is 0 Å². The molecule has 0 saturated heterocycles. The van der Waals surface area contributed by atoms with Crippen molar-refractivity contribution in [1.82, 2.24) is 5.01 Å². The van der Waals surface area contributed by atoms with Gasteiger partial charge in [0.05, 0.1) is 12.8 Å². The first kappa shape index (κ1) is 8.78. The van der Waals surface area contributed by atoms with Crippen LogP contribution in [0.15, 0.2) is 41.6 Å². The van der Waals surface area contributed by atoms with Crippen LogP contribution in [0.4, 0.5) is 0 Å². The molecule has 64 valence electrons.